The number of hydrogen-bond acceptors (Lipinski definition) is 2. The van der Waals surface area contributed by atoms with Gasteiger partial charge >= 0.3 is 0 Å². The van der Waals surface area contributed by atoms with Crippen LogP contribution in [0.4, 0.5) is 5.69 Å². The van der Waals surface area contributed by atoms with Crippen LogP contribution in [0.15, 0.2) is 72.8 Å². The fourth-order valence-electron chi connectivity index (χ4n) is 4.26. The lowest BCUT2D eigenvalue weighted by Crippen LogP contribution is -2.63. The Morgan fingerprint density at radius 2 is 1.74 bits per heavy atom. The van der Waals surface area contributed by atoms with Gasteiger partial charge in [0.15, 0.2) is 0 Å². The van der Waals surface area contributed by atoms with Gasteiger partial charge in [0, 0.05) is 24.2 Å². The molecule has 158 valence electrons. The summed E-state index contributed by atoms with van der Waals surface area (Å²) in [5, 5.41) is 3.08. The van der Waals surface area contributed by atoms with E-state index in [9.17, 15) is 9.59 Å². The van der Waals surface area contributed by atoms with Gasteiger partial charge in [0.25, 0.3) is 5.91 Å². The van der Waals surface area contributed by atoms with E-state index in [1.807, 2.05) is 86.6 Å². The van der Waals surface area contributed by atoms with Gasteiger partial charge in [-0.15, -0.1) is 0 Å². The lowest BCUT2D eigenvalue weighted by atomic mass is 9.82. The third-order valence-electron chi connectivity index (χ3n) is 6.12. The highest BCUT2D eigenvalue weighted by Crippen LogP contribution is 2.36. The highest BCUT2D eigenvalue weighted by molar-refractivity contribution is 6.14. The van der Waals surface area contributed by atoms with Crippen LogP contribution in [0.5, 0.6) is 0 Å². The van der Waals surface area contributed by atoms with Crippen molar-refractivity contribution in [2.75, 3.05) is 4.90 Å². The topological polar surface area (TPSA) is 49.4 Å². The predicted octanol–water partition coefficient (Wildman–Crippen LogP) is 4.84. The van der Waals surface area contributed by atoms with Crippen molar-refractivity contribution < 1.29 is 9.59 Å². The summed E-state index contributed by atoms with van der Waals surface area (Å²) in [7, 11) is 0. The molecular weight excluding hydrogens is 384 g/mol. The minimum absolute atomic E-state index is 0.136. The maximum Gasteiger partial charge on any atom is 0.259 e. The number of aryl methyl sites for hydroxylation is 2. The van der Waals surface area contributed by atoms with Crippen LogP contribution < -0.4 is 10.2 Å². The Morgan fingerprint density at radius 1 is 1.00 bits per heavy atom. The zero-order valence-corrected chi connectivity index (χ0v) is 18.3. The molecule has 3 aromatic carbocycles. The van der Waals surface area contributed by atoms with Crippen LogP contribution in [-0.4, -0.2) is 17.4 Å². The first-order valence-electron chi connectivity index (χ1n) is 10.8. The lowest BCUT2D eigenvalue weighted by molar-refractivity contribution is -0.126. The Labute approximate surface area is 183 Å². The Hall–Kier alpha value is -3.40. The fraction of sp³-hybridized carbons (Fsp3) is 0.259. The van der Waals surface area contributed by atoms with Gasteiger partial charge < -0.3 is 5.32 Å². The number of nitrogens with zero attached hydrogens (tertiary/aromatic N) is 1. The SMILES string of the molecule is CCc1cccc(N2C(=O)c3ccccc3C[C@]2(C)C(=O)NCc2ccc(C)cc2)c1. The average molecular weight is 413 g/mol. The van der Waals surface area contributed by atoms with Gasteiger partial charge in [0.05, 0.1) is 0 Å². The number of amides is 2. The van der Waals surface area contributed by atoms with Crippen LogP contribution in [0.1, 0.15) is 46.5 Å². The van der Waals surface area contributed by atoms with E-state index in [-0.39, 0.29) is 11.8 Å². The molecule has 1 heterocycles. The van der Waals surface area contributed by atoms with E-state index in [1.165, 1.54) is 5.56 Å². The molecule has 1 atom stereocenters. The number of rotatable bonds is 5. The zero-order valence-electron chi connectivity index (χ0n) is 18.3. The fourth-order valence-corrected chi connectivity index (χ4v) is 4.26. The van der Waals surface area contributed by atoms with Gasteiger partial charge in [-0.3, -0.25) is 14.5 Å². The van der Waals surface area contributed by atoms with Gasteiger partial charge in [-0.2, -0.15) is 0 Å². The van der Waals surface area contributed by atoms with Crippen molar-refractivity contribution in [1.29, 1.82) is 0 Å². The maximum absolute atomic E-state index is 13.6. The largest absolute Gasteiger partial charge is 0.350 e. The van der Waals surface area contributed by atoms with Crippen molar-refractivity contribution in [3.63, 3.8) is 0 Å². The molecule has 1 aliphatic heterocycles. The Morgan fingerprint density at radius 3 is 2.48 bits per heavy atom. The first kappa shape index (κ1) is 20.9. The van der Waals surface area contributed by atoms with Crippen LogP contribution in [0.3, 0.4) is 0 Å². The quantitative estimate of drug-likeness (QED) is 0.652. The van der Waals surface area contributed by atoms with Gasteiger partial charge in [-0.05, 0) is 55.2 Å². The molecule has 2 amide bonds. The van der Waals surface area contributed by atoms with E-state index in [1.54, 1.807) is 4.90 Å². The summed E-state index contributed by atoms with van der Waals surface area (Å²) in [6.07, 6.45) is 1.33. The van der Waals surface area contributed by atoms with E-state index in [2.05, 4.69) is 12.2 Å². The van der Waals surface area contributed by atoms with Crippen molar-refractivity contribution in [2.45, 2.75) is 45.7 Å². The van der Waals surface area contributed by atoms with Crippen molar-refractivity contribution in [3.8, 4) is 0 Å². The van der Waals surface area contributed by atoms with Crippen LogP contribution in [-0.2, 0) is 24.2 Å². The van der Waals surface area contributed by atoms with Gasteiger partial charge in [-0.1, -0.05) is 67.1 Å². The first-order chi connectivity index (χ1) is 14.9. The molecule has 0 fully saturated rings. The van der Waals surface area contributed by atoms with E-state index in [0.29, 0.717) is 18.5 Å². The lowest BCUT2D eigenvalue weighted by Gasteiger charge is -2.44. The molecule has 0 aromatic heterocycles. The zero-order chi connectivity index (χ0) is 22.0. The van der Waals surface area contributed by atoms with E-state index >= 15 is 0 Å². The molecule has 0 bridgehead atoms. The molecule has 4 rings (SSSR count). The van der Waals surface area contributed by atoms with Crippen molar-refractivity contribution in [1.82, 2.24) is 5.32 Å². The number of fused-ring (bicyclic) bond motifs is 1. The van der Waals surface area contributed by atoms with Gasteiger partial charge in [0.2, 0.25) is 5.91 Å². The summed E-state index contributed by atoms with van der Waals surface area (Å²) < 4.78 is 0. The third kappa shape index (κ3) is 3.98. The molecule has 3 aromatic rings. The van der Waals surface area contributed by atoms with E-state index in [4.69, 9.17) is 0 Å². The molecule has 4 heteroatoms. The number of nitrogens with one attached hydrogen (secondary N) is 1. The number of carbonyl (C=O) groups excluding carboxylic acids is 2. The normalized spacial score (nSPS) is 17.9. The monoisotopic (exact) mass is 412 g/mol. The van der Waals surface area contributed by atoms with E-state index < -0.39 is 5.54 Å². The standard InChI is InChI=1S/C27H28N2O2/c1-4-20-8-7-10-23(16-20)29-25(30)24-11-6-5-9-22(24)17-27(29,3)26(31)28-18-21-14-12-19(2)13-15-21/h5-16H,4,17-18H2,1-3H3,(H,28,31)/t27-/m1/s1. The average Bonchev–Trinajstić information content (AvgIpc) is 2.78. The third-order valence-corrected chi connectivity index (χ3v) is 6.12. The highest BCUT2D eigenvalue weighted by Gasteiger charge is 2.47. The van der Waals surface area contributed by atoms with Crippen LogP contribution >= 0.6 is 0 Å². The second kappa shape index (κ2) is 8.38. The number of benzene rings is 3. The van der Waals surface area contributed by atoms with Gasteiger partial charge in [-0.25, -0.2) is 0 Å². The second-order valence-electron chi connectivity index (χ2n) is 8.44. The molecule has 0 spiro atoms. The molecule has 0 saturated heterocycles. The predicted molar refractivity (Wildman–Crippen MR) is 124 cm³/mol. The van der Waals surface area contributed by atoms with Crippen LogP contribution in [0.2, 0.25) is 0 Å². The smallest absolute Gasteiger partial charge is 0.259 e. The summed E-state index contributed by atoms with van der Waals surface area (Å²) in [5.41, 5.74) is 4.64. The van der Waals surface area contributed by atoms with Crippen molar-refractivity contribution in [2.24, 2.45) is 0 Å². The summed E-state index contributed by atoms with van der Waals surface area (Å²) in [4.78, 5) is 28.8. The Kier molecular flexibility index (Phi) is 5.64. The van der Waals surface area contributed by atoms with E-state index in [0.717, 1.165) is 28.8 Å². The molecule has 1 N–H and O–H groups in total. The molecule has 4 nitrogen and oxygen atoms in total. The Bertz CT molecular complexity index is 1120. The Balaban J connectivity index is 1.71. The van der Waals surface area contributed by atoms with Crippen LogP contribution in [0, 0.1) is 6.92 Å². The molecule has 0 radical (unpaired) electrons. The summed E-state index contributed by atoms with van der Waals surface area (Å²) in [6, 6.07) is 23.6. The number of hydrogen-bond donors (Lipinski definition) is 1. The summed E-state index contributed by atoms with van der Waals surface area (Å²) in [6.45, 7) is 6.41. The summed E-state index contributed by atoms with van der Waals surface area (Å²) in [5.74, 6) is -0.291. The number of carbonyl (C=O) groups is 2. The summed E-state index contributed by atoms with van der Waals surface area (Å²) >= 11 is 0. The molecular formula is C27H28N2O2. The highest BCUT2D eigenvalue weighted by atomic mass is 16.2. The minimum atomic E-state index is -1.03. The van der Waals surface area contributed by atoms with Crippen molar-refractivity contribution >= 4 is 17.5 Å². The van der Waals surface area contributed by atoms with Crippen LogP contribution in [0.25, 0.3) is 0 Å². The second-order valence-corrected chi connectivity index (χ2v) is 8.44. The maximum atomic E-state index is 13.6. The minimum Gasteiger partial charge on any atom is -0.350 e. The van der Waals surface area contributed by atoms with Crippen molar-refractivity contribution in [3.05, 3.63) is 101 Å². The molecule has 0 saturated carbocycles. The number of anilines is 1. The molecule has 1 aliphatic rings. The molecule has 0 aliphatic carbocycles. The molecule has 0 unspecified atom stereocenters. The first-order valence-corrected chi connectivity index (χ1v) is 10.8. The molecule has 31 heavy (non-hydrogen) atoms. The van der Waals surface area contributed by atoms with Gasteiger partial charge in [0.1, 0.15) is 5.54 Å².